The van der Waals surface area contributed by atoms with E-state index in [1.165, 1.54) is 194 Å². The van der Waals surface area contributed by atoms with E-state index in [0.29, 0.717) is 0 Å². The molecular weight excluding hydrogens is 1300 g/mol. The summed E-state index contributed by atoms with van der Waals surface area (Å²) < 4.78 is 19.9. The van der Waals surface area contributed by atoms with Crippen molar-refractivity contribution < 1.29 is 0 Å². The molecule has 0 saturated carbocycles. The first kappa shape index (κ1) is 57.5. The number of hydrogen-bond donors (Lipinski definition) is 0. The third-order valence-corrected chi connectivity index (χ3v) is 24.4. The van der Waals surface area contributed by atoms with Crippen molar-refractivity contribution in [1.29, 1.82) is 0 Å². The number of fused-ring (bicyclic) bond motifs is 24. The van der Waals surface area contributed by atoms with Gasteiger partial charge in [0.15, 0.2) is 0 Å². The predicted octanol–water partition coefficient (Wildman–Crippen LogP) is 26.7. The molecule has 0 unspecified atom stereocenters. The van der Waals surface area contributed by atoms with E-state index in [1.807, 2.05) is 22.7 Å². The van der Waals surface area contributed by atoms with Crippen LogP contribution in [-0.2, 0) is 0 Å². The van der Waals surface area contributed by atoms with E-state index in [0.717, 1.165) is 11.4 Å². The fourth-order valence-electron chi connectivity index (χ4n) is 17.7. The Morgan fingerprint density at radius 2 is 0.375 bits per heavy atom. The summed E-state index contributed by atoms with van der Waals surface area (Å²) in [6, 6.07) is 129. The summed E-state index contributed by atoms with van der Waals surface area (Å²) in [6.45, 7) is 0. The highest BCUT2D eigenvalue weighted by Crippen LogP contribution is 2.46. The van der Waals surface area contributed by atoms with E-state index >= 15 is 0 Å². The lowest BCUT2D eigenvalue weighted by atomic mass is 10.1. The molecule has 0 atom stereocenters. The quantitative estimate of drug-likeness (QED) is 0.159. The maximum atomic E-state index is 2.47. The third-order valence-electron chi connectivity index (χ3n) is 22.1. The van der Waals surface area contributed by atoms with Crippen LogP contribution in [0.1, 0.15) is 0 Å². The average Bonchev–Trinajstić information content (AvgIpc) is 1.57. The molecule has 0 radical (unpaired) electrons. The molecule has 0 fully saturated rings. The summed E-state index contributed by atoms with van der Waals surface area (Å²) in [7, 11) is 0. The average molecular weight is 1360 g/mol. The lowest BCUT2D eigenvalue weighted by Crippen LogP contribution is -1.96. The van der Waals surface area contributed by atoms with E-state index in [2.05, 4.69) is 379 Å². The summed E-state index contributed by atoms with van der Waals surface area (Å²) in [6.07, 6.45) is 0. The summed E-state index contributed by atoms with van der Waals surface area (Å²) in [5.41, 5.74) is 21.6. The maximum Gasteiger partial charge on any atom is 0.0640 e. The Balaban J connectivity index is 0.000000127. The SMILES string of the molecule is c1ccc2c(c1)sc1c(-n3c4ccccc4c4cc(-n5c6ccccc6c6cc(-n7c8ccccc8c8ccccc87)ccc65)ccc43)cccc12.c1ccc2c(c1)sc1ccc(-n3c4ccccc4c4cc(-n5c6ccccc6c6cc(-n7c8ccccc8c8ccccc87)ccc65)ccc43)cc12. The van der Waals surface area contributed by atoms with Crippen molar-refractivity contribution in [3.05, 3.63) is 352 Å². The fraction of sp³-hybridized carbons (Fsp3) is 0. The highest BCUT2D eigenvalue weighted by Gasteiger charge is 2.23. The zero-order valence-corrected chi connectivity index (χ0v) is 57.6. The van der Waals surface area contributed by atoms with E-state index < -0.39 is 0 Å². The first-order valence-corrected chi connectivity index (χ1v) is 37.2. The molecule has 104 heavy (non-hydrogen) atoms. The lowest BCUT2D eigenvalue weighted by Gasteiger charge is -2.12. The molecular formula is C96H58N6S2. The topological polar surface area (TPSA) is 29.6 Å². The van der Waals surface area contributed by atoms with E-state index in [9.17, 15) is 0 Å². The van der Waals surface area contributed by atoms with Crippen LogP contribution < -0.4 is 0 Å². The Bertz CT molecular complexity index is 7650. The molecule has 24 rings (SSSR count). The minimum Gasteiger partial charge on any atom is -0.309 e. The minimum absolute atomic E-state index is 1.16. The van der Waals surface area contributed by atoms with Crippen LogP contribution in [0.25, 0.3) is 205 Å². The van der Waals surface area contributed by atoms with Gasteiger partial charge in [-0.05, 0) is 158 Å². The van der Waals surface area contributed by atoms with Gasteiger partial charge in [-0.3, -0.25) is 0 Å². The molecule has 16 aromatic carbocycles. The second kappa shape index (κ2) is 22.1. The van der Waals surface area contributed by atoms with Gasteiger partial charge in [-0.15, -0.1) is 22.7 Å². The van der Waals surface area contributed by atoms with Crippen molar-refractivity contribution in [1.82, 2.24) is 27.4 Å². The minimum atomic E-state index is 1.16. The molecule has 8 heteroatoms. The molecule has 8 aromatic heterocycles. The monoisotopic (exact) mass is 1360 g/mol. The number of nitrogens with zero attached hydrogens (tertiary/aromatic N) is 6. The van der Waals surface area contributed by atoms with Crippen molar-refractivity contribution in [2.45, 2.75) is 0 Å². The summed E-state index contributed by atoms with van der Waals surface area (Å²) in [5, 5.41) is 20.4. The number of aromatic nitrogens is 6. The molecule has 0 aliphatic heterocycles. The zero-order valence-electron chi connectivity index (χ0n) is 56.0. The van der Waals surface area contributed by atoms with Crippen molar-refractivity contribution in [3.8, 4) is 34.1 Å². The van der Waals surface area contributed by atoms with Crippen molar-refractivity contribution in [3.63, 3.8) is 0 Å². The first-order valence-electron chi connectivity index (χ1n) is 35.5. The van der Waals surface area contributed by atoms with E-state index in [4.69, 9.17) is 0 Å². The summed E-state index contributed by atoms with van der Waals surface area (Å²) in [4.78, 5) is 0. The largest absolute Gasteiger partial charge is 0.309 e. The summed E-state index contributed by atoms with van der Waals surface area (Å²) >= 11 is 3.75. The molecule has 8 heterocycles. The maximum absolute atomic E-state index is 2.47. The van der Waals surface area contributed by atoms with Crippen molar-refractivity contribution in [2.75, 3.05) is 0 Å². The van der Waals surface area contributed by atoms with Crippen LogP contribution in [0.4, 0.5) is 0 Å². The van der Waals surface area contributed by atoms with Crippen LogP contribution in [0.15, 0.2) is 352 Å². The highest BCUT2D eigenvalue weighted by atomic mass is 32.1. The molecule has 0 N–H and O–H groups in total. The van der Waals surface area contributed by atoms with E-state index in [-0.39, 0.29) is 0 Å². The number of rotatable bonds is 6. The predicted molar refractivity (Wildman–Crippen MR) is 445 cm³/mol. The van der Waals surface area contributed by atoms with Gasteiger partial charge in [0.25, 0.3) is 0 Å². The smallest absolute Gasteiger partial charge is 0.0640 e. The Morgan fingerprint density at radius 1 is 0.144 bits per heavy atom. The van der Waals surface area contributed by atoms with Crippen LogP contribution in [0.2, 0.25) is 0 Å². The molecule has 24 aromatic rings. The molecule has 0 bridgehead atoms. The molecule has 0 aliphatic carbocycles. The van der Waals surface area contributed by atoms with Crippen molar-refractivity contribution in [2.24, 2.45) is 0 Å². The number of benzene rings is 16. The van der Waals surface area contributed by atoms with Gasteiger partial charge in [0.05, 0.1) is 76.6 Å². The normalized spacial score (nSPS) is 12.2. The third kappa shape index (κ3) is 8.26. The lowest BCUT2D eigenvalue weighted by molar-refractivity contribution is 1.16. The number of hydrogen-bond acceptors (Lipinski definition) is 2. The molecule has 6 nitrogen and oxygen atoms in total. The van der Waals surface area contributed by atoms with Crippen LogP contribution >= 0.6 is 22.7 Å². The molecule has 0 aliphatic rings. The highest BCUT2D eigenvalue weighted by molar-refractivity contribution is 7.26. The van der Waals surface area contributed by atoms with Gasteiger partial charge in [0.1, 0.15) is 0 Å². The number of para-hydroxylation sites is 8. The molecule has 0 amide bonds. The van der Waals surface area contributed by atoms with Crippen LogP contribution in [0.3, 0.4) is 0 Å². The van der Waals surface area contributed by atoms with Gasteiger partial charge in [0, 0.05) is 129 Å². The first-order chi connectivity index (χ1) is 51.6. The van der Waals surface area contributed by atoms with Gasteiger partial charge < -0.3 is 27.4 Å². The van der Waals surface area contributed by atoms with Gasteiger partial charge in [0.2, 0.25) is 0 Å². The Morgan fingerprint density at radius 3 is 0.731 bits per heavy atom. The van der Waals surface area contributed by atoms with Crippen LogP contribution in [-0.4, -0.2) is 27.4 Å². The zero-order chi connectivity index (χ0) is 67.8. The Labute approximate surface area is 603 Å². The standard InChI is InChI=1S/2C48H29N3S/c1-6-18-40-32(12-1)33-13-2-7-19-41(33)49(40)30-24-26-44-38(28-30)34-14-3-8-20-42(34)50(44)31-25-27-45-39(29-31)35-15-4-9-21-43(35)51(45)46-22-11-17-37-36-16-5-10-23-47(36)52-48(37)46;1-6-16-41-33(11-1)34-12-2-7-17-42(34)49(41)30-21-24-45-38(27-30)35-13-3-8-18-43(35)50(45)31-22-25-46-39(28-31)36-14-4-9-19-44(36)51(46)32-23-26-48-40(29-32)37-15-5-10-20-47(37)52-48/h2*1-29H. The molecule has 484 valence electrons. The summed E-state index contributed by atoms with van der Waals surface area (Å²) in [5.74, 6) is 0. The molecule has 0 saturated heterocycles. The second-order valence-electron chi connectivity index (χ2n) is 27.5. The van der Waals surface area contributed by atoms with Gasteiger partial charge in [-0.25, -0.2) is 0 Å². The van der Waals surface area contributed by atoms with Gasteiger partial charge in [-0.1, -0.05) is 194 Å². The Kier molecular flexibility index (Phi) is 12.2. The number of thiophene rings is 2. The van der Waals surface area contributed by atoms with Gasteiger partial charge in [-0.2, -0.15) is 0 Å². The van der Waals surface area contributed by atoms with E-state index in [1.54, 1.807) is 0 Å². The fourth-order valence-corrected chi connectivity index (χ4v) is 19.9. The molecule has 0 spiro atoms. The van der Waals surface area contributed by atoms with Crippen LogP contribution in [0.5, 0.6) is 0 Å². The van der Waals surface area contributed by atoms with Crippen LogP contribution in [0, 0.1) is 0 Å². The van der Waals surface area contributed by atoms with Crippen molar-refractivity contribution >= 4 is 194 Å². The Hall–Kier alpha value is -13.2. The van der Waals surface area contributed by atoms with Gasteiger partial charge >= 0.3 is 0 Å². The second-order valence-corrected chi connectivity index (χ2v) is 29.6.